The molecule has 3 heterocycles. The first kappa shape index (κ1) is 21.1. The van der Waals surface area contributed by atoms with Crippen molar-refractivity contribution in [2.75, 3.05) is 45.2 Å². The number of hydrogen-bond donors (Lipinski definition) is 0. The van der Waals surface area contributed by atoms with Crippen molar-refractivity contribution in [3.05, 3.63) is 16.3 Å². The number of carbonyl (C=O) groups is 1. The lowest BCUT2D eigenvalue weighted by Gasteiger charge is -2.38. The van der Waals surface area contributed by atoms with Gasteiger partial charge in [0.25, 0.3) is 0 Å². The van der Waals surface area contributed by atoms with E-state index in [1.54, 1.807) is 0 Å². The average Bonchev–Trinajstić information content (AvgIpc) is 3.17. The third-order valence-corrected chi connectivity index (χ3v) is 8.33. The maximum atomic E-state index is 13.0. The van der Waals surface area contributed by atoms with E-state index >= 15 is 0 Å². The largest absolute Gasteiger partial charge is 0.352 e. The van der Waals surface area contributed by atoms with Crippen LogP contribution in [0.25, 0.3) is 10.2 Å². The van der Waals surface area contributed by atoms with E-state index in [9.17, 15) is 4.79 Å². The van der Waals surface area contributed by atoms with Crippen LogP contribution in [0.2, 0.25) is 0 Å². The maximum Gasteiger partial charge on any atom is 0.225 e. The molecular weight excluding hydrogens is 406 g/mol. The molecule has 0 spiro atoms. The first-order chi connectivity index (χ1) is 15.1. The van der Waals surface area contributed by atoms with Crippen molar-refractivity contribution < 1.29 is 4.79 Å². The van der Waals surface area contributed by atoms with Crippen LogP contribution in [0.1, 0.15) is 61.2 Å². The Bertz CT molecular complexity index is 941. The van der Waals surface area contributed by atoms with Gasteiger partial charge in [-0.15, -0.1) is 11.3 Å². The van der Waals surface area contributed by atoms with E-state index in [1.807, 2.05) is 11.3 Å². The second-order valence-electron chi connectivity index (χ2n) is 9.74. The minimum atomic E-state index is 0.265. The summed E-state index contributed by atoms with van der Waals surface area (Å²) in [5, 5.41) is 1.30. The monoisotopic (exact) mass is 441 g/mol. The number of hydrogen-bond acceptors (Lipinski definition) is 6. The van der Waals surface area contributed by atoms with Gasteiger partial charge >= 0.3 is 0 Å². The van der Waals surface area contributed by atoms with Gasteiger partial charge in [-0.2, -0.15) is 0 Å². The molecule has 1 amide bonds. The van der Waals surface area contributed by atoms with Crippen LogP contribution in [0.3, 0.4) is 0 Å². The lowest BCUT2D eigenvalue weighted by molar-refractivity contribution is -0.136. The summed E-state index contributed by atoms with van der Waals surface area (Å²) in [5.41, 5.74) is 1.50. The van der Waals surface area contributed by atoms with Gasteiger partial charge in [0.15, 0.2) is 0 Å². The number of fused-ring (bicyclic) bond motifs is 3. The van der Waals surface area contributed by atoms with Crippen LogP contribution in [0, 0.1) is 5.92 Å². The molecule has 168 valence electrons. The van der Waals surface area contributed by atoms with Gasteiger partial charge in [-0.1, -0.05) is 19.3 Å². The fraction of sp³-hybridized carbons (Fsp3) is 0.708. The number of nitrogens with zero attached hydrogens (tertiary/aromatic N) is 5. The van der Waals surface area contributed by atoms with E-state index in [1.165, 1.54) is 54.4 Å². The van der Waals surface area contributed by atoms with Crippen molar-refractivity contribution in [1.29, 1.82) is 0 Å². The van der Waals surface area contributed by atoms with Crippen molar-refractivity contribution in [2.45, 2.75) is 64.3 Å². The molecule has 2 aromatic heterocycles. The Balaban J connectivity index is 1.40. The summed E-state index contributed by atoms with van der Waals surface area (Å²) >= 11 is 1.88. The molecule has 1 saturated heterocycles. The zero-order valence-electron chi connectivity index (χ0n) is 19.0. The Hall–Kier alpha value is -1.73. The van der Waals surface area contributed by atoms with E-state index < -0.39 is 0 Å². The molecule has 0 unspecified atom stereocenters. The van der Waals surface area contributed by atoms with Crippen molar-refractivity contribution in [1.82, 2.24) is 19.8 Å². The number of carbonyl (C=O) groups excluding carboxylic acids is 1. The van der Waals surface area contributed by atoms with E-state index in [-0.39, 0.29) is 5.92 Å². The van der Waals surface area contributed by atoms with E-state index in [0.29, 0.717) is 5.91 Å². The van der Waals surface area contributed by atoms with Crippen molar-refractivity contribution >= 4 is 33.3 Å². The summed E-state index contributed by atoms with van der Waals surface area (Å²) in [7, 11) is 4.14. The first-order valence-corrected chi connectivity index (χ1v) is 12.9. The van der Waals surface area contributed by atoms with E-state index in [2.05, 4.69) is 28.8 Å². The predicted octanol–water partition coefficient (Wildman–Crippen LogP) is 3.86. The molecular formula is C24H35N5OS. The lowest BCUT2D eigenvalue weighted by atomic mass is 9.88. The van der Waals surface area contributed by atoms with Gasteiger partial charge in [-0.3, -0.25) is 4.79 Å². The first-order valence-electron chi connectivity index (χ1n) is 12.1. The third-order valence-electron chi connectivity index (χ3n) is 7.14. The summed E-state index contributed by atoms with van der Waals surface area (Å²) in [5.74, 6) is 2.69. The van der Waals surface area contributed by atoms with E-state index in [0.717, 1.165) is 68.5 Å². The Morgan fingerprint density at radius 1 is 1.00 bits per heavy atom. The average molecular weight is 442 g/mol. The predicted molar refractivity (Wildman–Crippen MR) is 127 cm³/mol. The zero-order chi connectivity index (χ0) is 21.4. The maximum absolute atomic E-state index is 13.0. The van der Waals surface area contributed by atoms with Crippen LogP contribution in [0.4, 0.5) is 5.82 Å². The van der Waals surface area contributed by atoms with Gasteiger partial charge in [-0.05, 0) is 58.2 Å². The van der Waals surface area contributed by atoms with Gasteiger partial charge < -0.3 is 14.7 Å². The van der Waals surface area contributed by atoms with Crippen molar-refractivity contribution in [3.63, 3.8) is 0 Å². The fourth-order valence-electron chi connectivity index (χ4n) is 5.51. The molecule has 5 rings (SSSR count). The lowest BCUT2D eigenvalue weighted by Crippen LogP contribution is -2.51. The molecule has 3 aliphatic rings. The second kappa shape index (κ2) is 9.02. The molecule has 6 nitrogen and oxygen atoms in total. The molecule has 7 heteroatoms. The highest BCUT2D eigenvalue weighted by Crippen LogP contribution is 2.40. The molecule has 0 atom stereocenters. The van der Waals surface area contributed by atoms with Crippen molar-refractivity contribution in [3.8, 4) is 0 Å². The van der Waals surface area contributed by atoms with Gasteiger partial charge in [0, 0.05) is 37.0 Å². The molecule has 0 radical (unpaired) electrons. The molecule has 2 fully saturated rings. The summed E-state index contributed by atoms with van der Waals surface area (Å²) in [4.78, 5) is 32.4. The van der Waals surface area contributed by atoms with Crippen LogP contribution in [0.5, 0.6) is 0 Å². The number of rotatable bonds is 4. The van der Waals surface area contributed by atoms with Gasteiger partial charge in [0.2, 0.25) is 5.91 Å². The second-order valence-corrected chi connectivity index (χ2v) is 10.8. The molecule has 0 bridgehead atoms. The normalized spacial score (nSPS) is 20.5. The van der Waals surface area contributed by atoms with Gasteiger partial charge in [0.05, 0.1) is 11.9 Å². The SMILES string of the molecule is CN(C)Cc1nc(N2CCN(C(=O)C3CCCCC3)CC2)c2c3c(sc2n1)CCCC3. The van der Waals surface area contributed by atoms with Crippen LogP contribution in [-0.2, 0) is 24.2 Å². The summed E-state index contributed by atoms with van der Waals surface area (Å²) in [6.45, 7) is 4.13. The highest BCUT2D eigenvalue weighted by Gasteiger charge is 2.30. The summed E-state index contributed by atoms with van der Waals surface area (Å²) in [6.07, 6.45) is 10.8. The highest BCUT2D eigenvalue weighted by atomic mass is 32.1. The third kappa shape index (κ3) is 4.31. The molecule has 2 aliphatic carbocycles. The molecule has 0 aromatic carbocycles. The van der Waals surface area contributed by atoms with Crippen LogP contribution in [-0.4, -0.2) is 65.9 Å². The van der Waals surface area contributed by atoms with Crippen LogP contribution < -0.4 is 4.90 Å². The topological polar surface area (TPSA) is 52.6 Å². The number of amides is 1. The molecule has 2 aromatic rings. The number of thiophene rings is 1. The Morgan fingerprint density at radius 3 is 2.48 bits per heavy atom. The summed E-state index contributed by atoms with van der Waals surface area (Å²) < 4.78 is 0. The number of anilines is 1. The summed E-state index contributed by atoms with van der Waals surface area (Å²) in [6, 6.07) is 0. The molecule has 1 saturated carbocycles. The highest BCUT2D eigenvalue weighted by molar-refractivity contribution is 7.19. The minimum Gasteiger partial charge on any atom is -0.352 e. The van der Waals surface area contributed by atoms with Gasteiger partial charge in [0.1, 0.15) is 16.5 Å². The van der Waals surface area contributed by atoms with Gasteiger partial charge in [-0.25, -0.2) is 9.97 Å². The van der Waals surface area contributed by atoms with Crippen LogP contribution in [0.15, 0.2) is 0 Å². The molecule has 31 heavy (non-hydrogen) atoms. The number of aryl methyl sites for hydroxylation is 2. The Morgan fingerprint density at radius 2 is 1.74 bits per heavy atom. The van der Waals surface area contributed by atoms with E-state index in [4.69, 9.17) is 9.97 Å². The van der Waals surface area contributed by atoms with Crippen molar-refractivity contribution in [2.24, 2.45) is 5.92 Å². The smallest absolute Gasteiger partial charge is 0.225 e. The number of piperazine rings is 1. The minimum absolute atomic E-state index is 0.265. The fourth-order valence-corrected chi connectivity index (χ4v) is 6.78. The zero-order valence-corrected chi connectivity index (χ0v) is 19.8. The Kier molecular flexibility index (Phi) is 6.15. The molecule has 0 N–H and O–H groups in total. The number of aromatic nitrogens is 2. The quantitative estimate of drug-likeness (QED) is 0.721. The standard InChI is InChI=1S/C24H35N5OS/c1-27(2)16-20-25-22(21-18-10-6-7-11-19(18)31-23(21)26-20)28-12-14-29(15-13-28)24(30)17-8-4-3-5-9-17/h17H,3-16H2,1-2H3. The van der Waals surface area contributed by atoms with Crippen LogP contribution >= 0.6 is 11.3 Å². The molecule has 1 aliphatic heterocycles. The Labute approximate surface area is 189 Å².